The quantitative estimate of drug-likeness (QED) is 0.146. The molecule has 0 aromatic rings. The summed E-state index contributed by atoms with van der Waals surface area (Å²) in [5.74, 6) is 0. The van der Waals surface area contributed by atoms with Gasteiger partial charge in [-0.1, -0.05) is 34.4 Å². The molecular weight excluding hydrogens is 673 g/mol. The minimum atomic E-state index is -4.77. The number of phosphoric ester groups is 2. The molecule has 4 unspecified atom stereocenters. The smallest absolute Gasteiger partial charge is 0.337 e. The van der Waals surface area contributed by atoms with Crippen LogP contribution in [0.3, 0.4) is 0 Å². The molecule has 4 atom stereocenters. The lowest BCUT2D eigenvalue weighted by molar-refractivity contribution is -0.0745. The number of hydrogen-bond donors (Lipinski definition) is 0. The maximum Gasteiger partial charge on any atom is 0.719 e. The number of phosphoric acid groups is 2. The minimum absolute atomic E-state index is 0. The summed E-state index contributed by atoms with van der Waals surface area (Å²) in [6, 6.07) is 0. The zero-order valence-electron chi connectivity index (χ0n) is 25.5. The fraction of sp³-hybridized carbons (Fsp3) is 0.556. The molecule has 0 aliphatic carbocycles. The van der Waals surface area contributed by atoms with Crippen molar-refractivity contribution in [1.29, 1.82) is 0 Å². The lowest BCUT2D eigenvalue weighted by atomic mass is 10.5. The molecule has 0 radical (unpaired) electrons. The van der Waals surface area contributed by atoms with E-state index in [0.717, 1.165) is 0 Å². The van der Waals surface area contributed by atoms with Gasteiger partial charge in [0.25, 0.3) is 0 Å². The Balaban J connectivity index is 0.00000368. The molecule has 0 N–H and O–H groups in total. The Kier molecular flexibility index (Phi) is 15.7. The molecule has 4 aliphatic heterocycles. The van der Waals surface area contributed by atoms with Gasteiger partial charge >= 0.3 is 23.9 Å². The third kappa shape index (κ3) is 10.1. The predicted molar refractivity (Wildman–Crippen MR) is 182 cm³/mol. The van der Waals surface area contributed by atoms with Gasteiger partial charge in [0.05, 0.1) is 0 Å². The van der Waals surface area contributed by atoms with Gasteiger partial charge in [0, 0.05) is 110 Å². The minimum Gasteiger partial charge on any atom is -0.337 e. The van der Waals surface area contributed by atoms with Crippen molar-refractivity contribution < 1.29 is 40.4 Å². The molecule has 17 nitrogen and oxygen atoms in total. The highest BCUT2D eigenvalue weighted by Gasteiger charge is 2.54. The Morgan fingerprint density at radius 2 is 0.809 bits per heavy atom. The van der Waals surface area contributed by atoms with E-state index in [9.17, 15) is 13.7 Å². The van der Waals surface area contributed by atoms with E-state index in [4.69, 9.17) is 26.7 Å². The van der Waals surface area contributed by atoms with E-state index in [1.807, 2.05) is 0 Å². The molecule has 4 rings (SSSR count). The SMILES string of the molecule is C.C.C.C=CCN1C=CN(C)C1OP(=O)(OC1N(C)C=CN1C)O[P+](=O)OP(=O)(OC1N(C)C=CN1C)OC1N(C)C=CN1CC=C. The number of hydrogen-bond acceptors (Lipinski definition) is 17. The summed E-state index contributed by atoms with van der Waals surface area (Å²) in [7, 11) is -2.97. The second-order valence-electron chi connectivity index (χ2n) is 10.2. The average molecular weight is 726 g/mol. The molecule has 20 heteroatoms. The third-order valence-electron chi connectivity index (χ3n) is 6.62. The first-order chi connectivity index (χ1) is 20.8. The summed E-state index contributed by atoms with van der Waals surface area (Å²) in [5.41, 5.74) is 0. The number of rotatable bonds is 16. The molecule has 0 saturated heterocycles. The van der Waals surface area contributed by atoms with Gasteiger partial charge in [-0.25, -0.2) is 27.2 Å². The van der Waals surface area contributed by atoms with Crippen molar-refractivity contribution in [3.63, 3.8) is 0 Å². The summed E-state index contributed by atoms with van der Waals surface area (Å²) in [4.78, 5) is 12.9. The van der Waals surface area contributed by atoms with Gasteiger partial charge in [0.2, 0.25) is 25.4 Å². The van der Waals surface area contributed by atoms with E-state index in [1.165, 1.54) is 0 Å². The summed E-state index contributed by atoms with van der Waals surface area (Å²) < 4.78 is 76.1. The van der Waals surface area contributed by atoms with Crippen LogP contribution in [0.5, 0.6) is 0 Å². The Hall–Kier alpha value is -2.84. The van der Waals surface area contributed by atoms with E-state index < -0.39 is 49.3 Å². The first-order valence-electron chi connectivity index (χ1n) is 13.4. The lowest BCUT2D eigenvalue weighted by Crippen LogP contribution is -2.41. The van der Waals surface area contributed by atoms with Crippen LogP contribution >= 0.6 is 23.9 Å². The Morgan fingerprint density at radius 3 is 1.11 bits per heavy atom. The zero-order chi connectivity index (χ0) is 32.2. The van der Waals surface area contributed by atoms with Crippen molar-refractivity contribution in [1.82, 2.24) is 39.2 Å². The van der Waals surface area contributed by atoms with Crippen LogP contribution in [0, 0.1) is 0 Å². The van der Waals surface area contributed by atoms with Gasteiger partial charge < -0.3 is 39.2 Å². The van der Waals surface area contributed by atoms with Crippen LogP contribution in [0.2, 0.25) is 0 Å². The Labute approximate surface area is 281 Å². The van der Waals surface area contributed by atoms with Crippen LogP contribution in [0.15, 0.2) is 74.9 Å². The van der Waals surface area contributed by atoms with E-state index >= 15 is 0 Å². The van der Waals surface area contributed by atoms with Gasteiger partial charge in [-0.05, 0) is 8.62 Å². The maximum absolute atomic E-state index is 14.2. The van der Waals surface area contributed by atoms with Crippen molar-refractivity contribution in [3.8, 4) is 0 Å². The summed E-state index contributed by atoms with van der Waals surface area (Å²) in [5, 5.41) is 0. The zero-order valence-corrected chi connectivity index (χ0v) is 28.2. The second-order valence-corrected chi connectivity index (χ2v) is 14.6. The molecule has 47 heavy (non-hydrogen) atoms. The summed E-state index contributed by atoms with van der Waals surface area (Å²) in [6.45, 7) is 8.12. The normalized spacial score (nSPS) is 23.6. The molecule has 0 aromatic heterocycles. The van der Waals surface area contributed by atoms with Crippen LogP contribution in [0.1, 0.15) is 22.3 Å². The highest BCUT2D eigenvalue weighted by Crippen LogP contribution is 2.66. The summed E-state index contributed by atoms with van der Waals surface area (Å²) >= 11 is 0. The van der Waals surface area contributed by atoms with Gasteiger partial charge in [-0.3, -0.25) is 0 Å². The second kappa shape index (κ2) is 17.5. The number of nitrogens with zero attached hydrogens (tertiary/aromatic N) is 8. The first kappa shape index (κ1) is 42.2. The van der Waals surface area contributed by atoms with Gasteiger partial charge in [-0.15, -0.1) is 13.2 Å². The Bertz CT molecular complexity index is 1190. The molecule has 0 amide bonds. The highest BCUT2D eigenvalue weighted by atomic mass is 31.3. The van der Waals surface area contributed by atoms with Gasteiger partial charge in [0.1, 0.15) is 0 Å². The molecule has 0 saturated carbocycles. The highest BCUT2D eigenvalue weighted by molar-refractivity contribution is 7.62. The van der Waals surface area contributed by atoms with Gasteiger partial charge in [0.15, 0.2) is 0 Å². The van der Waals surface area contributed by atoms with Crippen LogP contribution in [0.4, 0.5) is 0 Å². The fourth-order valence-electron chi connectivity index (χ4n) is 4.37. The van der Waals surface area contributed by atoms with E-state index in [1.54, 1.807) is 143 Å². The van der Waals surface area contributed by atoms with E-state index in [0.29, 0.717) is 13.1 Å². The van der Waals surface area contributed by atoms with Crippen molar-refractivity contribution in [2.24, 2.45) is 0 Å². The monoisotopic (exact) mass is 725 g/mol. The van der Waals surface area contributed by atoms with Crippen molar-refractivity contribution in [3.05, 3.63) is 74.9 Å². The largest absolute Gasteiger partial charge is 0.719 e. The molecule has 4 aliphatic rings. The maximum atomic E-state index is 14.2. The van der Waals surface area contributed by atoms with Crippen molar-refractivity contribution in [2.75, 3.05) is 55.4 Å². The topological polar surface area (TPSA) is 133 Å². The standard InChI is InChI=1S/C24H40N8O9P3.3CH4/c1-9-11-31-19-17-29(7)23(31)38-43(34,36-21-25(3)13-14-26(21)4)40-42(33)41-44(35,37-22-27(5)15-16-28(22)6)39-24-30(8)18-20-32(24)12-10-2;;;/h9-10,13-24H,1-2,11-12H2,3-8H3;3*1H4/q+1;;;. The molecule has 0 bridgehead atoms. The molecule has 4 heterocycles. The fourth-order valence-corrected chi connectivity index (χ4v) is 8.84. The van der Waals surface area contributed by atoms with Crippen LogP contribution in [-0.2, 0) is 40.4 Å². The summed E-state index contributed by atoms with van der Waals surface area (Å²) in [6.07, 6.45) is 12.9. The van der Waals surface area contributed by atoms with Crippen molar-refractivity contribution in [2.45, 2.75) is 47.7 Å². The molecule has 0 aromatic carbocycles. The third-order valence-corrected chi connectivity index (χ3v) is 11.1. The molecule has 268 valence electrons. The lowest BCUT2D eigenvalue weighted by Gasteiger charge is -2.33. The molecule has 0 fully saturated rings. The van der Waals surface area contributed by atoms with Crippen molar-refractivity contribution >= 4 is 23.9 Å². The first-order valence-corrected chi connectivity index (χ1v) is 17.4. The average Bonchev–Trinajstić information content (AvgIpc) is 3.66. The molecular formula is C27H52N8O9P3+. The Morgan fingerprint density at radius 1 is 0.553 bits per heavy atom. The van der Waals surface area contributed by atoms with Gasteiger partial charge in [-0.2, -0.15) is 0 Å². The van der Waals surface area contributed by atoms with Crippen LogP contribution in [0.25, 0.3) is 0 Å². The predicted octanol–water partition coefficient (Wildman–Crippen LogP) is 5.51. The van der Waals surface area contributed by atoms with E-state index in [2.05, 4.69) is 13.2 Å². The van der Waals surface area contributed by atoms with Crippen LogP contribution < -0.4 is 0 Å². The molecule has 0 spiro atoms. The van der Waals surface area contributed by atoms with Crippen LogP contribution in [-0.4, -0.2) is 120 Å². The van der Waals surface area contributed by atoms with E-state index in [-0.39, 0.29) is 22.3 Å².